The molecular weight excluding hydrogens is 190 g/mol. The van der Waals surface area contributed by atoms with E-state index in [4.69, 9.17) is 5.11 Å². The van der Waals surface area contributed by atoms with Gasteiger partial charge in [-0.1, -0.05) is 6.92 Å². The third-order valence-corrected chi connectivity index (χ3v) is 3.92. The Kier molecular flexibility index (Phi) is 3.01. The topological polar surface area (TPSA) is 40.5 Å². The fourth-order valence-electron chi connectivity index (χ4n) is 2.58. The molecule has 1 saturated heterocycles. The normalized spacial score (nSPS) is 26.5. The van der Waals surface area contributed by atoms with Crippen LogP contribution in [0.2, 0.25) is 0 Å². The molecular formula is C12H21NO2. The number of carbonyl (C=O) groups is 1. The highest BCUT2D eigenvalue weighted by Crippen LogP contribution is 2.49. The summed E-state index contributed by atoms with van der Waals surface area (Å²) in [6.45, 7) is 5.67. The van der Waals surface area contributed by atoms with Gasteiger partial charge in [0.2, 0.25) is 0 Å². The van der Waals surface area contributed by atoms with E-state index in [1.165, 1.54) is 25.9 Å². The maximum atomic E-state index is 10.7. The van der Waals surface area contributed by atoms with Crippen LogP contribution in [0.25, 0.3) is 0 Å². The van der Waals surface area contributed by atoms with E-state index in [1.807, 2.05) is 0 Å². The van der Waals surface area contributed by atoms with Gasteiger partial charge in [-0.3, -0.25) is 4.79 Å². The number of likely N-dealkylation sites (tertiary alicyclic amines) is 1. The third-order valence-electron chi connectivity index (χ3n) is 3.92. The van der Waals surface area contributed by atoms with Crippen molar-refractivity contribution in [2.75, 3.05) is 19.6 Å². The molecule has 0 spiro atoms. The van der Waals surface area contributed by atoms with E-state index in [2.05, 4.69) is 11.8 Å². The Balaban J connectivity index is 1.79. The van der Waals surface area contributed by atoms with Crippen molar-refractivity contribution < 1.29 is 9.90 Å². The molecule has 0 unspecified atom stereocenters. The second-order valence-electron chi connectivity index (χ2n) is 5.53. The van der Waals surface area contributed by atoms with Gasteiger partial charge in [-0.05, 0) is 50.1 Å². The minimum Gasteiger partial charge on any atom is -0.481 e. The second-order valence-corrected chi connectivity index (χ2v) is 5.53. The van der Waals surface area contributed by atoms with Crippen LogP contribution in [0.5, 0.6) is 0 Å². The van der Waals surface area contributed by atoms with Crippen LogP contribution in [0.3, 0.4) is 0 Å². The average Bonchev–Trinajstić information content (AvgIpc) is 2.88. The van der Waals surface area contributed by atoms with Crippen molar-refractivity contribution in [2.45, 2.75) is 39.0 Å². The van der Waals surface area contributed by atoms with Crippen molar-refractivity contribution in [3.05, 3.63) is 0 Å². The summed E-state index contributed by atoms with van der Waals surface area (Å²) in [4.78, 5) is 13.2. The summed E-state index contributed by atoms with van der Waals surface area (Å²) >= 11 is 0. The SMILES string of the molecule is CC1CCN(CC2(CC(=O)O)CC2)CC1. The van der Waals surface area contributed by atoms with E-state index >= 15 is 0 Å². The molecule has 0 aromatic carbocycles. The fraction of sp³-hybridized carbons (Fsp3) is 0.917. The van der Waals surface area contributed by atoms with Gasteiger partial charge in [0.1, 0.15) is 0 Å². The zero-order valence-corrected chi connectivity index (χ0v) is 9.54. The van der Waals surface area contributed by atoms with Crippen molar-refractivity contribution in [1.82, 2.24) is 4.90 Å². The number of carboxylic acids is 1. The lowest BCUT2D eigenvalue weighted by Crippen LogP contribution is -2.37. The zero-order chi connectivity index (χ0) is 10.9. The number of nitrogens with zero attached hydrogens (tertiary/aromatic N) is 1. The minimum absolute atomic E-state index is 0.145. The maximum absolute atomic E-state index is 10.7. The molecule has 1 aliphatic heterocycles. The van der Waals surface area contributed by atoms with Crippen LogP contribution >= 0.6 is 0 Å². The summed E-state index contributed by atoms with van der Waals surface area (Å²) < 4.78 is 0. The van der Waals surface area contributed by atoms with Crippen LogP contribution < -0.4 is 0 Å². The molecule has 3 heteroatoms. The van der Waals surface area contributed by atoms with Gasteiger partial charge >= 0.3 is 5.97 Å². The lowest BCUT2D eigenvalue weighted by molar-refractivity contribution is -0.138. The molecule has 1 N–H and O–H groups in total. The summed E-state index contributed by atoms with van der Waals surface area (Å²) in [7, 11) is 0. The predicted octanol–water partition coefficient (Wildman–Crippen LogP) is 1.97. The number of piperidine rings is 1. The Hall–Kier alpha value is -0.570. The van der Waals surface area contributed by atoms with Gasteiger partial charge in [-0.25, -0.2) is 0 Å². The lowest BCUT2D eigenvalue weighted by Gasteiger charge is -2.32. The van der Waals surface area contributed by atoms with E-state index < -0.39 is 5.97 Å². The van der Waals surface area contributed by atoms with E-state index in [0.29, 0.717) is 6.42 Å². The third kappa shape index (κ3) is 2.94. The number of carboxylic acid groups (broad SMARTS) is 1. The number of aliphatic carboxylic acids is 1. The first-order valence-corrected chi connectivity index (χ1v) is 6.04. The first kappa shape index (κ1) is 10.9. The number of hydrogen-bond acceptors (Lipinski definition) is 2. The molecule has 0 aromatic rings. The van der Waals surface area contributed by atoms with Crippen LogP contribution in [0.1, 0.15) is 39.0 Å². The first-order chi connectivity index (χ1) is 7.10. The van der Waals surface area contributed by atoms with Gasteiger partial charge in [-0.15, -0.1) is 0 Å². The van der Waals surface area contributed by atoms with E-state index in [-0.39, 0.29) is 5.41 Å². The average molecular weight is 211 g/mol. The van der Waals surface area contributed by atoms with Crippen LogP contribution in [0, 0.1) is 11.3 Å². The van der Waals surface area contributed by atoms with Crippen molar-refractivity contribution in [2.24, 2.45) is 11.3 Å². The largest absolute Gasteiger partial charge is 0.481 e. The van der Waals surface area contributed by atoms with Gasteiger partial charge in [0.15, 0.2) is 0 Å². The molecule has 0 amide bonds. The van der Waals surface area contributed by atoms with Gasteiger partial charge in [0, 0.05) is 6.54 Å². The zero-order valence-electron chi connectivity index (χ0n) is 9.54. The quantitative estimate of drug-likeness (QED) is 0.773. The summed E-state index contributed by atoms with van der Waals surface area (Å²) in [6.07, 6.45) is 5.17. The molecule has 3 nitrogen and oxygen atoms in total. The fourth-order valence-corrected chi connectivity index (χ4v) is 2.58. The Morgan fingerprint density at radius 2 is 2.00 bits per heavy atom. The second kappa shape index (κ2) is 4.12. The highest BCUT2D eigenvalue weighted by atomic mass is 16.4. The molecule has 86 valence electrons. The molecule has 1 aliphatic carbocycles. The predicted molar refractivity (Wildman–Crippen MR) is 58.8 cm³/mol. The van der Waals surface area contributed by atoms with Crippen LogP contribution in [0.15, 0.2) is 0 Å². The van der Waals surface area contributed by atoms with Crippen LogP contribution in [0.4, 0.5) is 0 Å². The van der Waals surface area contributed by atoms with E-state index in [0.717, 1.165) is 25.3 Å². The lowest BCUT2D eigenvalue weighted by atomic mass is 9.96. The van der Waals surface area contributed by atoms with Crippen molar-refractivity contribution in [1.29, 1.82) is 0 Å². The summed E-state index contributed by atoms with van der Waals surface area (Å²) in [5, 5.41) is 8.84. The Labute approximate surface area is 91.5 Å². The molecule has 1 saturated carbocycles. The molecule has 1 heterocycles. The molecule has 0 atom stereocenters. The first-order valence-electron chi connectivity index (χ1n) is 6.04. The molecule has 2 rings (SSSR count). The van der Waals surface area contributed by atoms with E-state index in [9.17, 15) is 4.79 Å². The number of rotatable bonds is 4. The monoisotopic (exact) mass is 211 g/mol. The van der Waals surface area contributed by atoms with Crippen LogP contribution in [-0.4, -0.2) is 35.6 Å². The molecule has 2 fully saturated rings. The Morgan fingerprint density at radius 1 is 1.40 bits per heavy atom. The molecule has 0 radical (unpaired) electrons. The highest BCUT2D eigenvalue weighted by molar-refractivity contribution is 5.68. The maximum Gasteiger partial charge on any atom is 0.303 e. The van der Waals surface area contributed by atoms with Gasteiger partial charge in [0.05, 0.1) is 6.42 Å². The van der Waals surface area contributed by atoms with E-state index in [1.54, 1.807) is 0 Å². The summed E-state index contributed by atoms with van der Waals surface area (Å²) in [5.41, 5.74) is 0.145. The van der Waals surface area contributed by atoms with Gasteiger partial charge in [-0.2, -0.15) is 0 Å². The highest BCUT2D eigenvalue weighted by Gasteiger charge is 2.45. The molecule has 0 bridgehead atoms. The molecule has 2 aliphatic rings. The minimum atomic E-state index is -0.627. The smallest absolute Gasteiger partial charge is 0.303 e. The van der Waals surface area contributed by atoms with Crippen molar-refractivity contribution in [3.63, 3.8) is 0 Å². The molecule has 15 heavy (non-hydrogen) atoms. The summed E-state index contributed by atoms with van der Waals surface area (Å²) in [6, 6.07) is 0. The van der Waals surface area contributed by atoms with Gasteiger partial charge in [0.25, 0.3) is 0 Å². The van der Waals surface area contributed by atoms with Crippen LogP contribution in [-0.2, 0) is 4.79 Å². The van der Waals surface area contributed by atoms with Gasteiger partial charge < -0.3 is 10.0 Å². The Bertz CT molecular complexity index is 240. The number of hydrogen-bond donors (Lipinski definition) is 1. The standard InChI is InChI=1S/C12H21NO2/c1-10-2-6-13(7-3-10)9-12(4-5-12)8-11(14)15/h10H,2-9H2,1H3,(H,14,15). The van der Waals surface area contributed by atoms with Crippen molar-refractivity contribution in [3.8, 4) is 0 Å². The van der Waals surface area contributed by atoms with Crippen molar-refractivity contribution >= 4 is 5.97 Å². The Morgan fingerprint density at radius 3 is 2.47 bits per heavy atom. The summed E-state index contributed by atoms with van der Waals surface area (Å²) in [5.74, 6) is 0.230. The molecule has 0 aromatic heterocycles.